The molecular weight excluding hydrogens is 406 g/mol. The first kappa shape index (κ1) is 20.4. The normalized spacial score (nSPS) is 25.4. The monoisotopic (exact) mass is 429 g/mol. The molecule has 1 aliphatic heterocycles. The molecule has 5 rings (SSSR count). The fourth-order valence-electron chi connectivity index (χ4n) is 5.12. The topological polar surface area (TPSA) is 80.8 Å². The molecule has 2 aliphatic carbocycles. The second kappa shape index (κ2) is 7.55. The minimum absolute atomic E-state index is 0.149. The van der Waals surface area contributed by atoms with Crippen molar-refractivity contribution in [2.24, 2.45) is 23.7 Å². The van der Waals surface area contributed by atoms with Crippen molar-refractivity contribution in [2.75, 3.05) is 11.5 Å². The number of rotatable bonds is 5. The number of Topliss-reactive ketones (excluding diaryl/α,β-unsaturated/α-hetero) is 1. The van der Waals surface area contributed by atoms with Crippen LogP contribution >= 0.6 is 0 Å². The average molecular weight is 429 g/mol. The molecule has 2 aromatic rings. The summed E-state index contributed by atoms with van der Waals surface area (Å²) < 4.78 is 5.17. The fourth-order valence-corrected chi connectivity index (χ4v) is 5.12. The Bertz CT molecular complexity index is 1150. The van der Waals surface area contributed by atoms with Crippen LogP contribution in [-0.2, 0) is 14.3 Å². The van der Waals surface area contributed by atoms with Gasteiger partial charge in [0.15, 0.2) is 12.4 Å². The van der Waals surface area contributed by atoms with Crippen molar-refractivity contribution in [2.45, 2.75) is 20.3 Å². The smallest absolute Gasteiger partial charge is 0.338 e. The number of carbonyl (C=O) groups excluding carboxylic acids is 4. The predicted molar refractivity (Wildman–Crippen MR) is 117 cm³/mol. The van der Waals surface area contributed by atoms with Crippen LogP contribution in [0.1, 0.15) is 38.3 Å². The lowest BCUT2D eigenvalue weighted by Crippen LogP contribution is -2.32. The standard InChI is InChI=1S/C26H23NO5/c1-14-3-4-17(11-15(14)2)21(28)13-32-26(31)16-7-9-20(10-8-16)27-24(29)22-18-5-6-19(12-18)23(22)25(27)30/h3-11,18-19,22-23H,12-13H2,1-2H3/t18-,19+,22-,23+. The average Bonchev–Trinajstić information content (AvgIpc) is 3.47. The highest BCUT2D eigenvalue weighted by Gasteiger charge is 2.59. The second-order valence-corrected chi connectivity index (χ2v) is 8.86. The van der Waals surface area contributed by atoms with Gasteiger partial charge in [0.2, 0.25) is 11.8 Å². The lowest BCUT2D eigenvalue weighted by Gasteiger charge is -2.17. The van der Waals surface area contributed by atoms with Crippen LogP contribution in [-0.4, -0.2) is 30.2 Å². The first-order valence-electron chi connectivity index (χ1n) is 10.8. The molecule has 4 atom stereocenters. The maximum Gasteiger partial charge on any atom is 0.338 e. The number of hydrogen-bond acceptors (Lipinski definition) is 5. The highest BCUT2D eigenvalue weighted by Crippen LogP contribution is 2.53. The van der Waals surface area contributed by atoms with Gasteiger partial charge in [0, 0.05) is 5.56 Å². The third-order valence-electron chi connectivity index (χ3n) is 6.99. The van der Waals surface area contributed by atoms with Gasteiger partial charge < -0.3 is 4.74 Å². The lowest BCUT2D eigenvalue weighted by molar-refractivity contribution is -0.123. The molecule has 3 aliphatic rings. The molecule has 2 bridgehead atoms. The molecule has 0 aromatic heterocycles. The number of ketones is 1. The van der Waals surface area contributed by atoms with Crippen molar-refractivity contribution >= 4 is 29.3 Å². The van der Waals surface area contributed by atoms with Gasteiger partial charge in [0.25, 0.3) is 0 Å². The summed E-state index contributed by atoms with van der Waals surface area (Å²) >= 11 is 0. The number of hydrogen-bond donors (Lipinski definition) is 0. The van der Waals surface area contributed by atoms with E-state index in [0.717, 1.165) is 17.5 Å². The number of amides is 2. The molecular formula is C26H23NO5. The summed E-state index contributed by atoms with van der Waals surface area (Å²) in [6.45, 7) is 3.53. The van der Waals surface area contributed by atoms with Crippen LogP contribution in [0.5, 0.6) is 0 Å². The number of nitrogens with zero attached hydrogens (tertiary/aromatic N) is 1. The summed E-state index contributed by atoms with van der Waals surface area (Å²) in [6, 6.07) is 11.5. The van der Waals surface area contributed by atoms with E-state index < -0.39 is 5.97 Å². The van der Waals surface area contributed by atoms with Crippen LogP contribution < -0.4 is 4.90 Å². The predicted octanol–water partition coefficient (Wildman–Crippen LogP) is 3.65. The summed E-state index contributed by atoms with van der Waals surface area (Å²) in [5.74, 6) is -1.46. The minimum Gasteiger partial charge on any atom is -0.454 e. The third kappa shape index (κ3) is 3.18. The minimum atomic E-state index is -0.632. The van der Waals surface area contributed by atoms with E-state index in [1.165, 1.54) is 17.0 Å². The largest absolute Gasteiger partial charge is 0.454 e. The van der Waals surface area contributed by atoms with Gasteiger partial charge in [-0.2, -0.15) is 0 Å². The number of aryl methyl sites for hydroxylation is 2. The van der Waals surface area contributed by atoms with Gasteiger partial charge in [-0.25, -0.2) is 4.79 Å². The first-order valence-corrected chi connectivity index (χ1v) is 10.8. The third-order valence-corrected chi connectivity index (χ3v) is 6.99. The van der Waals surface area contributed by atoms with Crippen molar-refractivity contribution in [1.82, 2.24) is 0 Å². The molecule has 2 aromatic carbocycles. The Morgan fingerprint density at radius 3 is 2.06 bits per heavy atom. The number of anilines is 1. The highest BCUT2D eigenvalue weighted by molar-refractivity contribution is 6.22. The first-order chi connectivity index (χ1) is 15.3. The van der Waals surface area contributed by atoms with Gasteiger partial charge in [-0.15, -0.1) is 0 Å². The van der Waals surface area contributed by atoms with Crippen LogP contribution in [0.3, 0.4) is 0 Å². The summed E-state index contributed by atoms with van der Waals surface area (Å²) in [7, 11) is 0. The number of carbonyl (C=O) groups is 4. The second-order valence-electron chi connectivity index (χ2n) is 8.86. The summed E-state index contributed by atoms with van der Waals surface area (Å²) in [6.07, 6.45) is 4.99. The van der Waals surface area contributed by atoms with E-state index in [0.29, 0.717) is 11.3 Å². The van der Waals surface area contributed by atoms with E-state index in [1.54, 1.807) is 24.3 Å². The summed E-state index contributed by atoms with van der Waals surface area (Å²) in [5, 5.41) is 0. The Kier molecular flexibility index (Phi) is 4.81. The molecule has 0 spiro atoms. The SMILES string of the molecule is Cc1ccc(C(=O)COC(=O)c2ccc(N3C(=O)[C@@H]4[C@H](C3=O)[C@@H]3C=C[C@H]4C3)cc2)cc1C. The molecule has 1 saturated carbocycles. The van der Waals surface area contributed by atoms with Crippen LogP contribution in [0.2, 0.25) is 0 Å². The molecule has 0 N–H and O–H groups in total. The zero-order valence-corrected chi connectivity index (χ0v) is 17.9. The Morgan fingerprint density at radius 2 is 1.47 bits per heavy atom. The van der Waals surface area contributed by atoms with E-state index in [-0.39, 0.29) is 53.4 Å². The number of ether oxygens (including phenoxy) is 1. The fraction of sp³-hybridized carbons (Fsp3) is 0.308. The molecule has 32 heavy (non-hydrogen) atoms. The summed E-state index contributed by atoms with van der Waals surface area (Å²) in [5.41, 5.74) is 3.29. The number of esters is 1. The van der Waals surface area contributed by atoms with Crippen molar-refractivity contribution in [3.05, 3.63) is 76.9 Å². The Balaban J connectivity index is 1.24. The Morgan fingerprint density at radius 1 is 0.875 bits per heavy atom. The van der Waals surface area contributed by atoms with E-state index >= 15 is 0 Å². The van der Waals surface area contributed by atoms with Gasteiger partial charge in [-0.3, -0.25) is 19.3 Å². The number of benzene rings is 2. The van der Waals surface area contributed by atoms with E-state index in [9.17, 15) is 19.2 Å². The van der Waals surface area contributed by atoms with E-state index in [1.807, 2.05) is 19.9 Å². The molecule has 1 heterocycles. The zero-order chi connectivity index (χ0) is 22.6. The molecule has 2 amide bonds. The molecule has 6 heteroatoms. The van der Waals surface area contributed by atoms with Crippen LogP contribution in [0, 0.1) is 37.5 Å². The Hall–Kier alpha value is -3.54. The number of allylic oxidation sites excluding steroid dienone is 2. The molecule has 0 unspecified atom stereocenters. The van der Waals surface area contributed by atoms with Gasteiger partial charge in [0.1, 0.15) is 0 Å². The van der Waals surface area contributed by atoms with E-state index in [2.05, 4.69) is 12.2 Å². The lowest BCUT2D eigenvalue weighted by atomic mass is 9.85. The van der Waals surface area contributed by atoms with Gasteiger partial charge >= 0.3 is 5.97 Å². The summed E-state index contributed by atoms with van der Waals surface area (Å²) in [4.78, 5) is 51.8. The van der Waals surface area contributed by atoms with Crippen molar-refractivity contribution in [3.8, 4) is 0 Å². The van der Waals surface area contributed by atoms with Gasteiger partial charge in [-0.1, -0.05) is 24.3 Å². The maximum atomic E-state index is 12.9. The number of fused-ring (bicyclic) bond motifs is 5. The Labute approximate surface area is 185 Å². The molecule has 1 saturated heterocycles. The zero-order valence-electron chi connectivity index (χ0n) is 17.9. The van der Waals surface area contributed by atoms with Crippen molar-refractivity contribution in [1.29, 1.82) is 0 Å². The van der Waals surface area contributed by atoms with E-state index in [4.69, 9.17) is 4.74 Å². The molecule has 2 fully saturated rings. The van der Waals surface area contributed by atoms with Crippen LogP contribution in [0.4, 0.5) is 5.69 Å². The van der Waals surface area contributed by atoms with Crippen LogP contribution in [0.15, 0.2) is 54.6 Å². The van der Waals surface area contributed by atoms with Gasteiger partial charge in [-0.05, 0) is 73.6 Å². The molecule has 6 nitrogen and oxygen atoms in total. The quantitative estimate of drug-likeness (QED) is 0.314. The van der Waals surface area contributed by atoms with Crippen molar-refractivity contribution < 1.29 is 23.9 Å². The highest BCUT2D eigenvalue weighted by atomic mass is 16.5. The van der Waals surface area contributed by atoms with Crippen molar-refractivity contribution in [3.63, 3.8) is 0 Å². The number of imide groups is 1. The van der Waals surface area contributed by atoms with Crippen LogP contribution in [0.25, 0.3) is 0 Å². The molecule has 162 valence electrons. The maximum absolute atomic E-state index is 12.9. The molecule has 0 radical (unpaired) electrons. The van der Waals surface area contributed by atoms with Gasteiger partial charge in [0.05, 0.1) is 23.1 Å².